The number of carbonyl (C=O) groups is 4. The van der Waals surface area contributed by atoms with E-state index in [0.717, 1.165) is 103 Å². The zero-order valence-electron chi connectivity index (χ0n) is 42.9. The van der Waals surface area contributed by atoms with Crippen LogP contribution < -0.4 is 24.3 Å². The summed E-state index contributed by atoms with van der Waals surface area (Å²) in [5, 5.41) is 6.18. The van der Waals surface area contributed by atoms with Gasteiger partial charge in [-0.05, 0) is 103 Å². The predicted octanol–water partition coefficient (Wildman–Crippen LogP) is 10.1. The van der Waals surface area contributed by atoms with Gasteiger partial charge in [0.2, 0.25) is 23.0 Å². The van der Waals surface area contributed by atoms with Gasteiger partial charge in [-0.3, -0.25) is 19.2 Å². The molecule has 0 bridgehead atoms. The quantitative estimate of drug-likeness (QED) is 0.0806. The van der Waals surface area contributed by atoms with Crippen LogP contribution in [0.5, 0.6) is 23.0 Å². The van der Waals surface area contributed by atoms with Crippen molar-refractivity contribution in [1.29, 1.82) is 0 Å². The van der Waals surface area contributed by atoms with Crippen LogP contribution in [0.3, 0.4) is 0 Å². The highest BCUT2D eigenvalue weighted by atomic mass is 35.5. The standard InChI is InChI=1S/C28H28Cl2N4O4.C25H26Cl2N4O3.C3H3ClO/c1-4-24(35)34-15-16(10-20(34)28(36)33-8-5-9-33)11-23-31-14-18-12-17(6-7-19(18)32-23)25-26(29)21(37-2)13-22(38-3)27(25)30;1-33-19-11-20(34-2)24(27)22(23(19)26)15-4-5-17-16(10-15)13-29-21(30-17)9-14-8-18(28-12-14)25(32)31-6-3-7-31;1-2-3(4)5/h4,6-7,12-14,16,20H,1,5,8-11,15H2,2-3H3;4-5,10-11,13-14,18,28H,3,6-9,12H2,1-2H3;2H,1H2/t16-,20+;14-,18+;/m11./s1. The molecule has 404 valence electrons. The smallest absolute Gasteiger partial charge is 0.246 e. The lowest BCUT2D eigenvalue weighted by molar-refractivity contribution is -0.144. The van der Waals surface area contributed by atoms with Crippen LogP contribution in [-0.4, -0.2) is 137 Å². The molecule has 0 unspecified atom stereocenters. The SMILES string of the molecule is C=CC(=O)Cl.C=CC(=O)N1C[C@@H](Cc2ncc3cc(-c4c(Cl)c(OC)cc(OC)c4Cl)ccc3n2)C[C@H]1C(=O)N1CCC1.COc1cc(OC)c(Cl)c(-c2ccc3nc(C[C@@H]4CN[C@H](C(=O)N5CCC5)C4)ncc3c2)c1Cl. The van der Waals surface area contributed by atoms with Crippen molar-refractivity contribution in [1.82, 2.24) is 40.0 Å². The number of nitrogens with zero attached hydrogens (tertiary/aromatic N) is 7. The van der Waals surface area contributed by atoms with E-state index >= 15 is 0 Å². The lowest BCUT2D eigenvalue weighted by Crippen LogP contribution is -2.52. The highest BCUT2D eigenvalue weighted by molar-refractivity contribution is 6.66. The molecular formula is C56H57Cl5N8O8. The second-order valence-electron chi connectivity index (χ2n) is 18.8. The molecule has 10 rings (SSSR count). The molecule has 4 aromatic carbocycles. The van der Waals surface area contributed by atoms with E-state index in [9.17, 15) is 19.2 Å². The van der Waals surface area contributed by atoms with Crippen LogP contribution >= 0.6 is 58.0 Å². The minimum Gasteiger partial charge on any atom is -0.495 e. The average molecular weight is 1150 g/mol. The van der Waals surface area contributed by atoms with E-state index in [4.69, 9.17) is 86.9 Å². The second-order valence-corrected chi connectivity index (χ2v) is 20.7. The molecule has 2 aromatic heterocycles. The van der Waals surface area contributed by atoms with Crippen molar-refractivity contribution in [3.8, 4) is 45.3 Å². The van der Waals surface area contributed by atoms with Crippen molar-refractivity contribution >= 4 is 103 Å². The van der Waals surface area contributed by atoms with Crippen molar-refractivity contribution in [3.63, 3.8) is 0 Å². The highest BCUT2D eigenvalue weighted by Gasteiger charge is 2.42. The maximum Gasteiger partial charge on any atom is 0.246 e. The molecule has 4 saturated heterocycles. The topological polar surface area (TPSA) is 179 Å². The van der Waals surface area contributed by atoms with Gasteiger partial charge >= 0.3 is 0 Å². The fourth-order valence-electron chi connectivity index (χ4n) is 9.77. The number of likely N-dealkylation sites (tertiary alicyclic amines) is 3. The molecule has 0 radical (unpaired) electrons. The number of aromatic nitrogens is 4. The van der Waals surface area contributed by atoms with Gasteiger partial charge in [-0.25, -0.2) is 19.9 Å². The molecule has 0 spiro atoms. The van der Waals surface area contributed by atoms with Crippen LogP contribution in [0.2, 0.25) is 20.1 Å². The number of fused-ring (bicyclic) bond motifs is 2. The van der Waals surface area contributed by atoms with Gasteiger partial charge in [0.25, 0.3) is 0 Å². The number of allylic oxidation sites excluding steroid dienone is 1. The number of hydrogen-bond donors (Lipinski definition) is 1. The molecule has 1 N–H and O–H groups in total. The number of halogens is 5. The second kappa shape index (κ2) is 25.5. The number of rotatable bonds is 14. The van der Waals surface area contributed by atoms with Gasteiger partial charge < -0.3 is 39.0 Å². The van der Waals surface area contributed by atoms with Crippen LogP contribution in [0.4, 0.5) is 0 Å². The van der Waals surface area contributed by atoms with E-state index in [-0.39, 0.29) is 29.7 Å². The molecular weight excluding hydrogens is 1090 g/mol. The number of methoxy groups -OCH3 is 4. The average Bonchev–Trinajstić information content (AvgIpc) is 4.06. The van der Waals surface area contributed by atoms with Crippen molar-refractivity contribution in [3.05, 3.63) is 118 Å². The summed E-state index contributed by atoms with van der Waals surface area (Å²) in [6.07, 6.45) is 10.7. The van der Waals surface area contributed by atoms with Gasteiger partial charge in [-0.15, -0.1) is 0 Å². The Morgan fingerprint density at radius 2 is 1.08 bits per heavy atom. The highest BCUT2D eigenvalue weighted by Crippen LogP contribution is 2.48. The first-order valence-corrected chi connectivity index (χ1v) is 26.8. The molecule has 77 heavy (non-hydrogen) atoms. The summed E-state index contributed by atoms with van der Waals surface area (Å²) in [5.74, 6) is 3.79. The molecule has 16 nitrogen and oxygen atoms in total. The molecule has 4 atom stereocenters. The van der Waals surface area contributed by atoms with Crippen LogP contribution in [0.15, 0.2) is 86.2 Å². The largest absolute Gasteiger partial charge is 0.495 e. The molecule has 6 aromatic rings. The van der Waals surface area contributed by atoms with Crippen molar-refractivity contribution in [2.24, 2.45) is 11.8 Å². The van der Waals surface area contributed by atoms with E-state index in [1.165, 1.54) is 20.3 Å². The monoisotopic (exact) mass is 1140 g/mol. The molecule has 0 saturated carbocycles. The third-order valence-electron chi connectivity index (χ3n) is 14.1. The molecule has 21 heteroatoms. The maximum atomic E-state index is 12.9. The third kappa shape index (κ3) is 12.7. The number of benzene rings is 4. The minimum absolute atomic E-state index is 0.0207. The van der Waals surface area contributed by atoms with Gasteiger partial charge in [0.15, 0.2) is 0 Å². The summed E-state index contributed by atoms with van der Waals surface area (Å²) < 4.78 is 21.6. The fraction of sp³-hybridized carbons (Fsp3) is 0.357. The first-order chi connectivity index (χ1) is 37.1. The third-order valence-corrected chi connectivity index (χ3v) is 15.7. The first-order valence-electron chi connectivity index (χ1n) is 24.9. The summed E-state index contributed by atoms with van der Waals surface area (Å²) in [4.78, 5) is 71.5. The Labute approximate surface area is 471 Å². The van der Waals surface area contributed by atoms with Crippen LogP contribution in [0.1, 0.15) is 37.3 Å². The summed E-state index contributed by atoms with van der Waals surface area (Å²) >= 11 is 31.1. The number of amides is 3. The molecule has 0 aliphatic carbocycles. The summed E-state index contributed by atoms with van der Waals surface area (Å²) in [6, 6.07) is 14.3. The number of ether oxygens (including phenoxy) is 4. The predicted molar refractivity (Wildman–Crippen MR) is 301 cm³/mol. The Morgan fingerprint density at radius 1 is 0.636 bits per heavy atom. The van der Waals surface area contributed by atoms with Crippen molar-refractivity contribution < 1.29 is 38.1 Å². The van der Waals surface area contributed by atoms with E-state index in [0.29, 0.717) is 85.3 Å². The number of hydrogen-bond acceptors (Lipinski definition) is 13. The van der Waals surface area contributed by atoms with Crippen LogP contribution in [-0.2, 0) is 32.0 Å². The van der Waals surface area contributed by atoms with E-state index in [1.54, 1.807) is 37.4 Å². The number of nitrogens with one attached hydrogen (secondary N) is 1. The molecule has 3 amide bonds. The van der Waals surface area contributed by atoms with E-state index < -0.39 is 11.3 Å². The van der Waals surface area contributed by atoms with Crippen LogP contribution in [0.25, 0.3) is 44.1 Å². The Balaban J connectivity index is 0.000000188. The fourth-order valence-corrected chi connectivity index (χ4v) is 11.2. The van der Waals surface area contributed by atoms with Gasteiger partial charge in [0, 0.05) is 92.0 Å². The lowest BCUT2D eigenvalue weighted by Gasteiger charge is -2.35. The van der Waals surface area contributed by atoms with Crippen molar-refractivity contribution in [2.45, 2.75) is 50.6 Å². The Hall–Kier alpha value is -6.27. The van der Waals surface area contributed by atoms with Crippen LogP contribution in [0, 0.1) is 11.8 Å². The maximum absolute atomic E-state index is 12.9. The van der Waals surface area contributed by atoms with Gasteiger partial charge in [-0.1, -0.05) is 71.7 Å². The van der Waals surface area contributed by atoms with Crippen molar-refractivity contribution in [2.75, 3.05) is 67.7 Å². The van der Waals surface area contributed by atoms with E-state index in [1.807, 2.05) is 52.4 Å². The molecule has 6 heterocycles. The van der Waals surface area contributed by atoms with Gasteiger partial charge in [0.1, 0.15) is 40.7 Å². The number of carbonyl (C=O) groups excluding carboxylic acids is 4. The lowest BCUT2D eigenvalue weighted by atomic mass is 9.99. The zero-order chi connectivity index (χ0) is 55.1. The first kappa shape index (κ1) is 56.9. The molecule has 4 aliphatic heterocycles. The Bertz CT molecular complexity index is 3190. The summed E-state index contributed by atoms with van der Waals surface area (Å²) in [6.45, 7) is 11.2. The molecule has 4 aliphatic rings. The van der Waals surface area contributed by atoms with Gasteiger partial charge in [0.05, 0.1) is 65.6 Å². The summed E-state index contributed by atoms with van der Waals surface area (Å²) in [5.41, 5.74) is 4.46. The van der Waals surface area contributed by atoms with Gasteiger partial charge in [-0.2, -0.15) is 0 Å². The van der Waals surface area contributed by atoms with E-state index in [2.05, 4.69) is 28.4 Å². The molecule has 4 fully saturated rings. The Kier molecular flexibility index (Phi) is 18.8. The zero-order valence-corrected chi connectivity index (χ0v) is 46.7. The summed E-state index contributed by atoms with van der Waals surface area (Å²) in [7, 11) is 6.18. The normalized spacial score (nSPS) is 18.5. The Morgan fingerprint density at radius 3 is 1.48 bits per heavy atom. The minimum atomic E-state index is -0.509.